The highest BCUT2D eigenvalue weighted by Crippen LogP contribution is 2.29. The molecule has 0 rings (SSSR count). The molecule has 3 nitrogen and oxygen atoms in total. The van der Waals surface area contributed by atoms with Crippen LogP contribution in [0.3, 0.4) is 0 Å². The molecule has 0 saturated carbocycles. The molecule has 0 atom stereocenters. The van der Waals surface area contributed by atoms with Gasteiger partial charge in [0.1, 0.15) is 0 Å². The van der Waals surface area contributed by atoms with Crippen LogP contribution in [-0.4, -0.2) is 29.0 Å². The quantitative estimate of drug-likeness (QED) is 0.430. The molecule has 0 aliphatic carbocycles. The molecule has 0 aromatic rings. The number of hydrogen-bond donors (Lipinski definition) is 2. The van der Waals surface area contributed by atoms with Gasteiger partial charge in [-0.2, -0.15) is 0 Å². The van der Waals surface area contributed by atoms with E-state index in [2.05, 4.69) is 26.3 Å². The maximum absolute atomic E-state index is 6.63. The highest BCUT2D eigenvalue weighted by Gasteiger charge is 2.41. The van der Waals surface area contributed by atoms with E-state index in [4.69, 9.17) is 15.6 Å². The third kappa shape index (κ3) is 5.42. The normalized spacial score (nSPS) is 11.9. The largest absolute Gasteiger partial charge is 0.452 e. The summed E-state index contributed by atoms with van der Waals surface area (Å²) in [5.74, 6) is 0. The van der Waals surface area contributed by atoms with Crippen molar-refractivity contribution in [2.45, 2.75) is 24.2 Å². The van der Waals surface area contributed by atoms with Gasteiger partial charge in [0.05, 0.1) is 0 Å². The van der Waals surface area contributed by atoms with E-state index in [0.29, 0.717) is 12.3 Å². The topological polar surface area (TPSA) is 61.3 Å². The molecule has 0 spiro atoms. The van der Waals surface area contributed by atoms with Gasteiger partial charge in [-0.15, -0.1) is 26.3 Å². The van der Waals surface area contributed by atoms with Crippen molar-refractivity contribution in [3.05, 3.63) is 50.6 Å². The lowest BCUT2D eigenvalue weighted by Crippen LogP contribution is -2.59. The maximum atomic E-state index is 6.63. The summed E-state index contributed by atoms with van der Waals surface area (Å²) in [6, 6.07) is 3.41. The highest BCUT2D eigenvalue weighted by atomic mass is 28.4. The van der Waals surface area contributed by atoms with Gasteiger partial charge in [-0.25, -0.2) is 0 Å². The van der Waals surface area contributed by atoms with Crippen LogP contribution in [0.4, 0.5) is 0 Å². The maximum Gasteiger partial charge on any atom is 0.210 e. The van der Waals surface area contributed by atoms with Gasteiger partial charge in [-0.05, 0) is 24.2 Å². The molecule has 5 heteroatoms. The van der Waals surface area contributed by atoms with Crippen molar-refractivity contribution in [1.82, 2.24) is 0 Å². The Morgan fingerprint density at radius 3 is 1.26 bits per heavy atom. The summed E-state index contributed by atoms with van der Waals surface area (Å²) in [7, 11) is -4.15. The van der Waals surface area contributed by atoms with E-state index in [0.717, 1.165) is 24.2 Å². The Labute approximate surface area is 120 Å². The van der Waals surface area contributed by atoms with Gasteiger partial charge in [0.25, 0.3) is 0 Å². The number of nitrogens with two attached hydrogens (primary N) is 2. The second-order valence-corrected chi connectivity index (χ2v) is 12.8. The van der Waals surface area contributed by atoms with Gasteiger partial charge in [-0.1, -0.05) is 24.3 Å². The zero-order valence-corrected chi connectivity index (χ0v) is 13.9. The smallest absolute Gasteiger partial charge is 0.210 e. The van der Waals surface area contributed by atoms with Crippen LogP contribution in [-0.2, 0) is 4.12 Å². The summed E-state index contributed by atoms with van der Waals surface area (Å²) in [6.45, 7) is 15.4. The first-order chi connectivity index (χ1) is 9.07. The van der Waals surface area contributed by atoms with E-state index in [9.17, 15) is 0 Å². The van der Waals surface area contributed by atoms with Crippen LogP contribution in [0.5, 0.6) is 0 Å². The lowest BCUT2D eigenvalue weighted by molar-refractivity contribution is 0.520. The third-order valence-electron chi connectivity index (χ3n) is 3.24. The van der Waals surface area contributed by atoms with E-state index >= 15 is 0 Å². The molecule has 0 fully saturated rings. The van der Waals surface area contributed by atoms with Crippen molar-refractivity contribution in [2.24, 2.45) is 11.5 Å². The Balaban J connectivity index is 5.31. The molecular weight excluding hydrogens is 268 g/mol. The van der Waals surface area contributed by atoms with E-state index in [1.165, 1.54) is 0 Å². The van der Waals surface area contributed by atoms with Crippen LogP contribution >= 0.6 is 0 Å². The molecule has 4 N–H and O–H groups in total. The molecule has 0 saturated heterocycles. The van der Waals surface area contributed by atoms with E-state index in [1.54, 1.807) is 0 Å². The highest BCUT2D eigenvalue weighted by molar-refractivity contribution is 6.88. The van der Waals surface area contributed by atoms with Crippen molar-refractivity contribution in [1.29, 1.82) is 0 Å². The fourth-order valence-corrected chi connectivity index (χ4v) is 11.0. The number of allylic oxidation sites excluding steroid dienone is 4. The average Bonchev–Trinajstić information content (AvgIpc) is 2.39. The van der Waals surface area contributed by atoms with Crippen molar-refractivity contribution in [3.8, 4) is 0 Å². The SMILES string of the molecule is C=CC[Si](CN)(CN)O[Si](CC=C)(CC=C)CC=C. The fraction of sp³-hybridized carbons (Fsp3) is 0.429. The molecule has 0 aromatic heterocycles. The molecule has 0 unspecified atom stereocenters. The molecule has 19 heavy (non-hydrogen) atoms. The van der Waals surface area contributed by atoms with Crippen molar-refractivity contribution in [3.63, 3.8) is 0 Å². The first-order valence-electron chi connectivity index (χ1n) is 6.61. The molecule has 0 heterocycles. The van der Waals surface area contributed by atoms with Crippen LogP contribution in [0.15, 0.2) is 50.6 Å². The average molecular weight is 297 g/mol. The second-order valence-electron chi connectivity index (χ2n) is 4.85. The Bertz CT molecular complexity index is 288. The van der Waals surface area contributed by atoms with Crippen LogP contribution in [0, 0.1) is 0 Å². The first-order valence-corrected chi connectivity index (χ1v) is 11.7. The van der Waals surface area contributed by atoms with Crippen molar-refractivity contribution < 1.29 is 4.12 Å². The van der Waals surface area contributed by atoms with Gasteiger partial charge >= 0.3 is 0 Å². The van der Waals surface area contributed by atoms with Crippen LogP contribution < -0.4 is 11.5 Å². The Morgan fingerprint density at radius 1 is 0.684 bits per heavy atom. The predicted octanol–water partition coefficient (Wildman–Crippen LogP) is 2.63. The predicted molar refractivity (Wildman–Crippen MR) is 90.7 cm³/mol. The Morgan fingerprint density at radius 2 is 1.00 bits per heavy atom. The minimum atomic E-state index is -2.13. The van der Waals surface area contributed by atoms with Crippen molar-refractivity contribution in [2.75, 3.05) is 12.3 Å². The lowest BCUT2D eigenvalue weighted by atomic mass is 10.7. The molecule has 0 aliphatic heterocycles. The molecular formula is C14H28N2OSi2. The molecule has 0 aromatic carbocycles. The lowest BCUT2D eigenvalue weighted by Gasteiger charge is -2.40. The van der Waals surface area contributed by atoms with E-state index < -0.39 is 16.6 Å². The molecule has 0 bridgehead atoms. The van der Waals surface area contributed by atoms with Gasteiger partial charge in [0.2, 0.25) is 8.32 Å². The summed E-state index contributed by atoms with van der Waals surface area (Å²) in [6.07, 6.45) is 8.71. The second kappa shape index (κ2) is 9.22. The zero-order valence-electron chi connectivity index (χ0n) is 11.9. The number of hydrogen-bond acceptors (Lipinski definition) is 3. The molecule has 108 valence electrons. The molecule has 0 aliphatic rings. The van der Waals surface area contributed by atoms with Gasteiger partial charge in [0.15, 0.2) is 8.32 Å². The van der Waals surface area contributed by atoms with Crippen LogP contribution in [0.2, 0.25) is 24.2 Å². The van der Waals surface area contributed by atoms with Gasteiger partial charge in [0, 0.05) is 12.3 Å². The fourth-order valence-electron chi connectivity index (χ4n) is 2.26. The summed E-state index contributed by atoms with van der Waals surface area (Å²) in [5.41, 5.74) is 11.9. The van der Waals surface area contributed by atoms with Crippen LogP contribution in [0.1, 0.15) is 0 Å². The van der Waals surface area contributed by atoms with Crippen molar-refractivity contribution >= 4 is 16.6 Å². The van der Waals surface area contributed by atoms with Crippen LogP contribution in [0.25, 0.3) is 0 Å². The standard InChI is InChI=1S/C14H28N2OSi2/c1-5-9-18(10-6-2,11-7-3)17-19(13-15,14-16)12-8-4/h5-8H,1-4,9-16H2. The third-order valence-corrected chi connectivity index (χ3v) is 12.3. The Kier molecular flexibility index (Phi) is 8.87. The minimum absolute atomic E-state index is 0.524. The molecule has 0 amide bonds. The van der Waals surface area contributed by atoms with Gasteiger partial charge < -0.3 is 15.6 Å². The summed E-state index contributed by atoms with van der Waals surface area (Å²) in [5, 5.41) is 0. The summed E-state index contributed by atoms with van der Waals surface area (Å²) in [4.78, 5) is 0. The number of rotatable bonds is 12. The zero-order chi connectivity index (χ0) is 14.8. The van der Waals surface area contributed by atoms with E-state index in [-0.39, 0.29) is 0 Å². The van der Waals surface area contributed by atoms with Gasteiger partial charge in [-0.3, -0.25) is 0 Å². The monoisotopic (exact) mass is 296 g/mol. The summed E-state index contributed by atoms with van der Waals surface area (Å²) < 4.78 is 6.63. The van der Waals surface area contributed by atoms with E-state index in [1.807, 2.05) is 24.3 Å². The molecule has 0 radical (unpaired) electrons. The summed E-state index contributed by atoms with van der Waals surface area (Å²) >= 11 is 0. The Hall–Kier alpha value is -0.726. The first kappa shape index (κ1) is 18.3. The minimum Gasteiger partial charge on any atom is -0.452 e.